The fraction of sp³-hybridized carbons (Fsp3) is 0.375. The molecule has 0 spiro atoms. The Kier molecular flexibility index (Phi) is 4.29. The van der Waals surface area contributed by atoms with Crippen molar-refractivity contribution in [2.24, 2.45) is 4.99 Å². The van der Waals surface area contributed by atoms with Gasteiger partial charge in [-0.3, -0.25) is 4.57 Å². The Morgan fingerprint density at radius 2 is 2.09 bits per heavy atom. The number of hydrogen-bond donors (Lipinski definition) is 0. The molecule has 0 unspecified atom stereocenters. The largest absolute Gasteiger partial charge is 0.496 e. The number of carbonyl (C=O) groups is 1. The minimum Gasteiger partial charge on any atom is -0.496 e. The molecule has 3 rings (SSSR count). The van der Waals surface area contributed by atoms with Crippen LogP contribution in [0.4, 0.5) is 4.79 Å². The van der Waals surface area contributed by atoms with Crippen molar-refractivity contribution in [3.05, 3.63) is 40.1 Å². The molecule has 1 aliphatic rings. The molecule has 1 aromatic heterocycles. The maximum Gasteiger partial charge on any atom is 0.346 e. The van der Waals surface area contributed by atoms with E-state index >= 15 is 0 Å². The number of hydrogen-bond acceptors (Lipinski definition) is 3. The van der Waals surface area contributed by atoms with Crippen molar-refractivity contribution in [3.63, 3.8) is 0 Å². The van der Waals surface area contributed by atoms with Gasteiger partial charge in [0.25, 0.3) is 0 Å². The van der Waals surface area contributed by atoms with Crippen LogP contribution in [0, 0.1) is 6.92 Å². The summed E-state index contributed by atoms with van der Waals surface area (Å²) in [5.41, 5.74) is 2.03. The van der Waals surface area contributed by atoms with E-state index in [9.17, 15) is 4.79 Å². The van der Waals surface area contributed by atoms with Crippen LogP contribution in [0.15, 0.2) is 34.8 Å². The summed E-state index contributed by atoms with van der Waals surface area (Å²) in [6.45, 7) is 3.63. The highest BCUT2D eigenvalue weighted by Crippen LogP contribution is 2.20. The molecule has 2 heterocycles. The Hall–Kier alpha value is -2.08. The van der Waals surface area contributed by atoms with Crippen molar-refractivity contribution in [2.75, 3.05) is 20.2 Å². The van der Waals surface area contributed by atoms with Crippen molar-refractivity contribution in [1.82, 2.24) is 9.47 Å². The number of aryl methyl sites for hydroxylation is 1. The third-order valence-electron chi connectivity index (χ3n) is 3.81. The van der Waals surface area contributed by atoms with Crippen LogP contribution in [0.5, 0.6) is 5.75 Å². The SMILES string of the molecule is COc1ccc(-n2ccsc2=NC(=O)N2CCCC2)cc1C. The van der Waals surface area contributed by atoms with E-state index in [2.05, 4.69) is 4.99 Å². The summed E-state index contributed by atoms with van der Waals surface area (Å²) < 4.78 is 7.22. The molecule has 0 radical (unpaired) electrons. The number of ether oxygens (including phenoxy) is 1. The summed E-state index contributed by atoms with van der Waals surface area (Å²) in [4.78, 5) is 19.0. The number of likely N-dealkylation sites (tertiary alicyclic amines) is 1. The molecule has 22 heavy (non-hydrogen) atoms. The first-order valence-electron chi connectivity index (χ1n) is 7.34. The second-order valence-electron chi connectivity index (χ2n) is 5.30. The molecule has 2 amide bonds. The van der Waals surface area contributed by atoms with Gasteiger partial charge in [0.2, 0.25) is 0 Å². The quantitative estimate of drug-likeness (QED) is 0.855. The number of amides is 2. The standard InChI is InChI=1S/C16H19N3O2S/c1-12-11-13(5-6-14(12)21-2)19-9-10-22-16(19)17-15(20)18-7-3-4-8-18/h5-6,9-11H,3-4,7-8H2,1-2H3. The zero-order valence-corrected chi connectivity index (χ0v) is 13.6. The summed E-state index contributed by atoms with van der Waals surface area (Å²) in [5.74, 6) is 0.853. The summed E-state index contributed by atoms with van der Waals surface area (Å²) in [7, 11) is 1.66. The average molecular weight is 317 g/mol. The Morgan fingerprint density at radius 3 is 2.77 bits per heavy atom. The fourth-order valence-electron chi connectivity index (χ4n) is 2.62. The van der Waals surface area contributed by atoms with Crippen molar-refractivity contribution in [2.45, 2.75) is 19.8 Å². The van der Waals surface area contributed by atoms with Crippen LogP contribution in [-0.2, 0) is 0 Å². The van der Waals surface area contributed by atoms with Crippen molar-refractivity contribution < 1.29 is 9.53 Å². The van der Waals surface area contributed by atoms with E-state index in [0.717, 1.165) is 42.9 Å². The number of rotatable bonds is 2. The molecule has 2 aromatic rings. The minimum atomic E-state index is -0.140. The van der Waals surface area contributed by atoms with Gasteiger partial charge in [0, 0.05) is 30.4 Å². The van der Waals surface area contributed by atoms with Gasteiger partial charge in [0.1, 0.15) is 5.75 Å². The molecule has 6 heteroatoms. The van der Waals surface area contributed by atoms with Gasteiger partial charge in [-0.25, -0.2) is 4.79 Å². The first-order valence-corrected chi connectivity index (χ1v) is 8.22. The lowest BCUT2D eigenvalue weighted by Crippen LogP contribution is -2.27. The second kappa shape index (κ2) is 6.36. The number of carbonyl (C=O) groups excluding carboxylic acids is 1. The number of methoxy groups -OCH3 is 1. The number of urea groups is 1. The Balaban J connectivity index is 1.94. The highest BCUT2D eigenvalue weighted by atomic mass is 32.1. The molecule has 1 aromatic carbocycles. The normalized spacial score (nSPS) is 15.4. The van der Waals surface area contributed by atoms with Crippen LogP contribution in [0.1, 0.15) is 18.4 Å². The molecule has 1 aliphatic heterocycles. The van der Waals surface area contributed by atoms with Crippen molar-refractivity contribution in [3.8, 4) is 11.4 Å². The summed E-state index contributed by atoms with van der Waals surface area (Å²) >= 11 is 1.46. The molecule has 0 bridgehead atoms. The predicted molar refractivity (Wildman–Crippen MR) is 86.7 cm³/mol. The van der Waals surface area contributed by atoms with Gasteiger partial charge in [-0.1, -0.05) is 0 Å². The van der Waals surface area contributed by atoms with Crippen LogP contribution < -0.4 is 9.54 Å². The summed E-state index contributed by atoms with van der Waals surface area (Å²) in [6.07, 6.45) is 4.08. The smallest absolute Gasteiger partial charge is 0.346 e. The highest BCUT2D eigenvalue weighted by Gasteiger charge is 2.17. The average Bonchev–Trinajstić information content (AvgIpc) is 3.18. The van der Waals surface area contributed by atoms with E-state index in [1.165, 1.54) is 11.3 Å². The molecule has 0 atom stereocenters. The zero-order chi connectivity index (χ0) is 15.5. The van der Waals surface area contributed by atoms with E-state index < -0.39 is 0 Å². The summed E-state index contributed by atoms with van der Waals surface area (Å²) in [6, 6.07) is 5.79. The van der Waals surface area contributed by atoms with Gasteiger partial charge < -0.3 is 9.64 Å². The molecule has 0 N–H and O–H groups in total. The molecule has 1 saturated heterocycles. The topological polar surface area (TPSA) is 46.8 Å². The minimum absolute atomic E-state index is 0.140. The molecule has 116 valence electrons. The van der Waals surface area contributed by atoms with Crippen molar-refractivity contribution >= 4 is 17.4 Å². The number of nitrogens with zero attached hydrogens (tertiary/aromatic N) is 3. The molecule has 5 nitrogen and oxygen atoms in total. The predicted octanol–water partition coefficient (Wildman–Crippen LogP) is 2.97. The first kappa shape index (κ1) is 14.8. The van der Waals surface area contributed by atoms with E-state index in [1.807, 2.05) is 46.2 Å². The number of benzene rings is 1. The Morgan fingerprint density at radius 1 is 1.32 bits per heavy atom. The van der Waals surface area contributed by atoms with Gasteiger partial charge in [0.15, 0.2) is 4.80 Å². The van der Waals surface area contributed by atoms with E-state index in [-0.39, 0.29) is 6.03 Å². The first-order chi connectivity index (χ1) is 10.7. The van der Waals surface area contributed by atoms with E-state index in [0.29, 0.717) is 4.80 Å². The Bertz CT molecular complexity index is 742. The number of aromatic nitrogens is 1. The van der Waals surface area contributed by atoms with Crippen LogP contribution >= 0.6 is 11.3 Å². The van der Waals surface area contributed by atoms with Crippen LogP contribution in [0.25, 0.3) is 5.69 Å². The van der Waals surface area contributed by atoms with Gasteiger partial charge in [-0.15, -0.1) is 11.3 Å². The van der Waals surface area contributed by atoms with Gasteiger partial charge in [0.05, 0.1) is 7.11 Å². The lowest BCUT2D eigenvalue weighted by molar-refractivity contribution is 0.218. The molecule has 0 aliphatic carbocycles. The maximum absolute atomic E-state index is 12.2. The zero-order valence-electron chi connectivity index (χ0n) is 12.8. The third-order valence-corrected chi connectivity index (χ3v) is 4.57. The number of thiazole rings is 1. The van der Waals surface area contributed by atoms with Crippen LogP contribution in [0.2, 0.25) is 0 Å². The van der Waals surface area contributed by atoms with E-state index in [1.54, 1.807) is 7.11 Å². The van der Waals surface area contributed by atoms with Gasteiger partial charge in [-0.05, 0) is 43.5 Å². The van der Waals surface area contributed by atoms with Crippen molar-refractivity contribution in [1.29, 1.82) is 0 Å². The fourth-order valence-corrected chi connectivity index (χ4v) is 3.34. The van der Waals surface area contributed by atoms with E-state index in [4.69, 9.17) is 4.74 Å². The monoisotopic (exact) mass is 317 g/mol. The third kappa shape index (κ3) is 2.92. The highest BCUT2D eigenvalue weighted by molar-refractivity contribution is 7.07. The second-order valence-corrected chi connectivity index (χ2v) is 6.17. The molecule has 0 saturated carbocycles. The lowest BCUT2D eigenvalue weighted by Gasteiger charge is -2.11. The van der Waals surface area contributed by atoms with Crippen LogP contribution in [0.3, 0.4) is 0 Å². The molecular formula is C16H19N3O2S. The molecule has 1 fully saturated rings. The van der Waals surface area contributed by atoms with Gasteiger partial charge >= 0.3 is 6.03 Å². The van der Waals surface area contributed by atoms with Crippen LogP contribution in [-0.4, -0.2) is 35.7 Å². The summed E-state index contributed by atoms with van der Waals surface area (Å²) in [5, 5.41) is 1.94. The lowest BCUT2D eigenvalue weighted by atomic mass is 10.2. The van der Waals surface area contributed by atoms with Gasteiger partial charge in [-0.2, -0.15) is 4.99 Å². The Labute approximate surface area is 133 Å². The maximum atomic E-state index is 12.2. The molecular weight excluding hydrogens is 298 g/mol.